The number of nitro groups is 1. The van der Waals surface area contributed by atoms with Gasteiger partial charge in [-0.15, -0.1) is 0 Å². The molecule has 15 heavy (non-hydrogen) atoms. The number of nitrogens with two attached hydrogens (primary N) is 1. The fourth-order valence-electron chi connectivity index (χ4n) is 1.09. The van der Waals surface area contributed by atoms with Gasteiger partial charge in [0.25, 0.3) is 5.69 Å². The molecule has 0 fully saturated rings. The largest absolute Gasteiger partial charge is 0.395 e. The fraction of sp³-hybridized carbons (Fsp3) is 0.375. The molecule has 0 saturated carbocycles. The Morgan fingerprint density at radius 3 is 2.93 bits per heavy atom. The normalized spacial score (nSPS) is 12.5. The topological polar surface area (TPSA) is 102 Å². The van der Waals surface area contributed by atoms with Crippen LogP contribution in [0.15, 0.2) is 16.7 Å². The molecule has 0 aliphatic rings. The zero-order valence-corrected chi connectivity index (χ0v) is 9.35. The second-order valence-electron chi connectivity index (χ2n) is 3.02. The van der Waals surface area contributed by atoms with Crippen molar-refractivity contribution in [3.8, 4) is 0 Å². The molecule has 0 aliphatic heterocycles. The molecular weight excluding hydrogens is 266 g/mol. The predicted octanol–water partition coefficient (Wildman–Crippen LogP) is 0.614. The van der Waals surface area contributed by atoms with Gasteiger partial charge < -0.3 is 10.8 Å². The highest BCUT2D eigenvalue weighted by atomic mass is 79.9. The maximum Gasteiger partial charge on any atom is 0.291 e. The predicted molar refractivity (Wildman–Crippen MR) is 57.4 cm³/mol. The molecule has 82 valence electrons. The molecule has 0 aromatic carbocycles. The van der Waals surface area contributed by atoms with E-state index in [1.807, 2.05) is 0 Å². The van der Waals surface area contributed by atoms with E-state index in [9.17, 15) is 10.1 Å². The Balaban J connectivity index is 3.01. The summed E-state index contributed by atoms with van der Waals surface area (Å²) in [5.41, 5.74) is 5.68. The fourth-order valence-corrected chi connectivity index (χ4v) is 1.40. The average molecular weight is 276 g/mol. The SMILES string of the molecule is NC(CO)Cc1ncc(Br)cc1[N+](=O)[O-]. The molecule has 0 bridgehead atoms. The monoisotopic (exact) mass is 275 g/mol. The maximum absolute atomic E-state index is 10.7. The summed E-state index contributed by atoms with van der Waals surface area (Å²) >= 11 is 3.10. The van der Waals surface area contributed by atoms with Crippen molar-refractivity contribution in [3.63, 3.8) is 0 Å². The van der Waals surface area contributed by atoms with E-state index in [4.69, 9.17) is 10.8 Å². The minimum atomic E-state index is -0.530. The van der Waals surface area contributed by atoms with Crippen LogP contribution in [0.25, 0.3) is 0 Å². The van der Waals surface area contributed by atoms with Gasteiger partial charge in [-0.1, -0.05) is 0 Å². The number of halogens is 1. The molecule has 1 heterocycles. The van der Waals surface area contributed by atoms with Crippen LogP contribution in [0.2, 0.25) is 0 Å². The summed E-state index contributed by atoms with van der Waals surface area (Å²) in [4.78, 5) is 14.1. The van der Waals surface area contributed by atoms with Crippen molar-refractivity contribution >= 4 is 21.6 Å². The minimum Gasteiger partial charge on any atom is -0.395 e. The van der Waals surface area contributed by atoms with Gasteiger partial charge in [0.15, 0.2) is 0 Å². The lowest BCUT2D eigenvalue weighted by atomic mass is 10.1. The number of aliphatic hydroxyl groups excluding tert-OH is 1. The third-order valence-corrected chi connectivity index (χ3v) is 2.23. The Labute approximate surface area is 94.4 Å². The number of nitrogens with zero attached hydrogens (tertiary/aromatic N) is 2. The van der Waals surface area contributed by atoms with E-state index in [1.54, 1.807) is 0 Å². The summed E-state index contributed by atoms with van der Waals surface area (Å²) in [5, 5.41) is 19.4. The van der Waals surface area contributed by atoms with Crippen LogP contribution in [0.5, 0.6) is 0 Å². The van der Waals surface area contributed by atoms with Gasteiger partial charge in [0.1, 0.15) is 5.69 Å². The van der Waals surface area contributed by atoms with Crippen molar-refractivity contribution in [3.05, 3.63) is 32.5 Å². The summed E-state index contributed by atoms with van der Waals surface area (Å²) in [6, 6.07) is 0.837. The first-order chi connectivity index (χ1) is 7.04. The van der Waals surface area contributed by atoms with Crippen LogP contribution in [0.4, 0.5) is 5.69 Å². The van der Waals surface area contributed by atoms with E-state index in [0.717, 1.165) is 0 Å². The third-order valence-electron chi connectivity index (χ3n) is 1.80. The van der Waals surface area contributed by atoms with Crippen LogP contribution < -0.4 is 5.73 Å². The molecule has 0 amide bonds. The molecule has 1 atom stereocenters. The Hall–Kier alpha value is -1.05. The molecule has 1 rings (SSSR count). The molecule has 1 aromatic rings. The molecule has 0 aliphatic carbocycles. The van der Waals surface area contributed by atoms with Gasteiger partial charge >= 0.3 is 0 Å². The van der Waals surface area contributed by atoms with Crippen LogP contribution >= 0.6 is 15.9 Å². The van der Waals surface area contributed by atoms with Crippen molar-refractivity contribution in [2.75, 3.05) is 6.61 Å². The van der Waals surface area contributed by atoms with Gasteiger partial charge in [0.2, 0.25) is 0 Å². The summed E-state index contributed by atoms with van der Waals surface area (Å²) in [5.74, 6) is 0. The van der Waals surface area contributed by atoms with Crippen LogP contribution in [0.3, 0.4) is 0 Å². The average Bonchev–Trinajstić information content (AvgIpc) is 2.20. The first-order valence-electron chi connectivity index (χ1n) is 4.20. The van der Waals surface area contributed by atoms with Crippen molar-refractivity contribution in [1.82, 2.24) is 4.98 Å². The number of hydrogen-bond acceptors (Lipinski definition) is 5. The Bertz CT molecular complexity index is 372. The van der Waals surface area contributed by atoms with Crippen LogP contribution in [0.1, 0.15) is 5.69 Å². The third kappa shape index (κ3) is 3.22. The van der Waals surface area contributed by atoms with E-state index in [-0.39, 0.29) is 24.4 Å². The minimum absolute atomic E-state index is 0.0896. The summed E-state index contributed by atoms with van der Waals surface area (Å²) in [6.45, 7) is -0.227. The first-order valence-corrected chi connectivity index (χ1v) is 4.99. The molecule has 3 N–H and O–H groups in total. The first kappa shape index (κ1) is 12.0. The Morgan fingerprint density at radius 2 is 2.40 bits per heavy atom. The number of aromatic nitrogens is 1. The molecule has 1 aromatic heterocycles. The Kier molecular flexibility index (Phi) is 4.13. The van der Waals surface area contributed by atoms with Crippen molar-refractivity contribution in [2.24, 2.45) is 5.73 Å². The van der Waals surface area contributed by atoms with Crippen molar-refractivity contribution in [2.45, 2.75) is 12.5 Å². The molecule has 6 nitrogen and oxygen atoms in total. The zero-order valence-electron chi connectivity index (χ0n) is 7.76. The molecule has 1 unspecified atom stereocenters. The summed E-state index contributed by atoms with van der Waals surface area (Å²) in [6.07, 6.45) is 1.65. The maximum atomic E-state index is 10.7. The molecular formula is C8H10BrN3O3. The van der Waals surface area contributed by atoms with Crippen LogP contribution in [-0.2, 0) is 6.42 Å². The van der Waals surface area contributed by atoms with Crippen molar-refractivity contribution < 1.29 is 10.0 Å². The van der Waals surface area contributed by atoms with E-state index < -0.39 is 11.0 Å². The highest BCUT2D eigenvalue weighted by molar-refractivity contribution is 9.10. The van der Waals surface area contributed by atoms with E-state index in [1.165, 1.54) is 12.3 Å². The van der Waals surface area contributed by atoms with Gasteiger partial charge in [0.05, 0.1) is 11.5 Å². The number of pyridine rings is 1. The molecule has 0 saturated heterocycles. The smallest absolute Gasteiger partial charge is 0.291 e. The van der Waals surface area contributed by atoms with Gasteiger partial charge in [-0.05, 0) is 15.9 Å². The van der Waals surface area contributed by atoms with E-state index in [2.05, 4.69) is 20.9 Å². The lowest BCUT2D eigenvalue weighted by Crippen LogP contribution is -2.27. The second-order valence-corrected chi connectivity index (χ2v) is 3.94. The van der Waals surface area contributed by atoms with E-state index in [0.29, 0.717) is 4.47 Å². The molecule has 7 heteroatoms. The lowest BCUT2D eigenvalue weighted by molar-refractivity contribution is -0.386. The highest BCUT2D eigenvalue weighted by Crippen LogP contribution is 2.21. The lowest BCUT2D eigenvalue weighted by Gasteiger charge is -2.07. The number of hydrogen-bond donors (Lipinski definition) is 2. The van der Waals surface area contributed by atoms with Crippen LogP contribution in [-0.4, -0.2) is 27.7 Å². The van der Waals surface area contributed by atoms with Crippen molar-refractivity contribution in [1.29, 1.82) is 0 Å². The number of aliphatic hydroxyl groups is 1. The van der Waals surface area contributed by atoms with Crippen LogP contribution in [0, 0.1) is 10.1 Å². The van der Waals surface area contributed by atoms with Gasteiger partial charge in [-0.3, -0.25) is 15.1 Å². The summed E-state index contributed by atoms with van der Waals surface area (Å²) < 4.78 is 0.538. The number of rotatable bonds is 4. The highest BCUT2D eigenvalue weighted by Gasteiger charge is 2.17. The molecule has 0 radical (unpaired) electrons. The zero-order chi connectivity index (χ0) is 11.4. The van der Waals surface area contributed by atoms with Gasteiger partial charge in [0, 0.05) is 29.2 Å². The Morgan fingerprint density at radius 1 is 1.73 bits per heavy atom. The van der Waals surface area contributed by atoms with E-state index >= 15 is 0 Å². The summed E-state index contributed by atoms with van der Waals surface area (Å²) in [7, 11) is 0. The second kappa shape index (κ2) is 5.15. The standard InChI is InChI=1S/C8H10BrN3O3/c9-5-1-8(12(14)15)7(11-3-5)2-6(10)4-13/h1,3,6,13H,2,4,10H2. The van der Waals surface area contributed by atoms with Gasteiger partial charge in [-0.2, -0.15) is 0 Å². The molecule has 0 spiro atoms. The van der Waals surface area contributed by atoms with Gasteiger partial charge in [-0.25, -0.2) is 0 Å². The quantitative estimate of drug-likeness (QED) is 0.619.